The van der Waals surface area contributed by atoms with Gasteiger partial charge in [0.15, 0.2) is 0 Å². The van der Waals surface area contributed by atoms with Crippen molar-refractivity contribution in [1.82, 2.24) is 5.32 Å². The molecule has 1 aliphatic rings. The number of nitrogens with one attached hydrogen (secondary N) is 1. The van der Waals surface area contributed by atoms with Crippen LogP contribution in [0.1, 0.15) is 24.5 Å². The highest BCUT2D eigenvalue weighted by molar-refractivity contribution is 5.19. The highest BCUT2D eigenvalue weighted by atomic mass is 19.1. The van der Waals surface area contributed by atoms with Crippen LogP contribution in [0, 0.1) is 11.7 Å². The maximum absolute atomic E-state index is 12.9. The zero-order chi connectivity index (χ0) is 13.5. The SMILES string of the molecule is CNCC(OCC1CCOCC1)c1ccc(F)cc1. The second kappa shape index (κ2) is 7.58. The zero-order valence-corrected chi connectivity index (χ0v) is 11.4. The molecular formula is C15H22FNO2. The summed E-state index contributed by atoms with van der Waals surface area (Å²) in [4.78, 5) is 0. The largest absolute Gasteiger partial charge is 0.381 e. The Morgan fingerprint density at radius 3 is 2.63 bits per heavy atom. The van der Waals surface area contributed by atoms with E-state index in [1.165, 1.54) is 12.1 Å². The molecule has 1 N–H and O–H groups in total. The number of hydrogen-bond acceptors (Lipinski definition) is 3. The van der Waals surface area contributed by atoms with Crippen molar-refractivity contribution in [2.45, 2.75) is 18.9 Å². The highest BCUT2D eigenvalue weighted by Crippen LogP contribution is 2.21. The Balaban J connectivity index is 1.89. The minimum atomic E-state index is -0.212. The molecule has 1 heterocycles. The summed E-state index contributed by atoms with van der Waals surface area (Å²) in [6.07, 6.45) is 2.11. The molecule has 106 valence electrons. The lowest BCUT2D eigenvalue weighted by molar-refractivity contribution is -0.0108. The minimum absolute atomic E-state index is 0.0200. The Kier molecular flexibility index (Phi) is 5.76. The van der Waals surface area contributed by atoms with Gasteiger partial charge in [-0.15, -0.1) is 0 Å². The van der Waals surface area contributed by atoms with E-state index in [1.54, 1.807) is 12.1 Å². The first-order valence-electron chi connectivity index (χ1n) is 6.89. The minimum Gasteiger partial charge on any atom is -0.381 e. The van der Waals surface area contributed by atoms with Gasteiger partial charge in [0.05, 0.1) is 12.7 Å². The third-order valence-corrected chi connectivity index (χ3v) is 3.51. The van der Waals surface area contributed by atoms with Gasteiger partial charge in [-0.1, -0.05) is 12.1 Å². The fourth-order valence-corrected chi connectivity index (χ4v) is 2.30. The number of likely N-dealkylation sites (N-methyl/N-ethyl adjacent to an activating group) is 1. The van der Waals surface area contributed by atoms with Gasteiger partial charge < -0.3 is 14.8 Å². The number of ether oxygens (including phenoxy) is 2. The zero-order valence-electron chi connectivity index (χ0n) is 11.4. The van der Waals surface area contributed by atoms with Crippen LogP contribution in [0.3, 0.4) is 0 Å². The maximum Gasteiger partial charge on any atom is 0.123 e. The van der Waals surface area contributed by atoms with Crippen molar-refractivity contribution >= 4 is 0 Å². The molecule has 19 heavy (non-hydrogen) atoms. The van der Waals surface area contributed by atoms with Gasteiger partial charge in [0.25, 0.3) is 0 Å². The molecule has 0 radical (unpaired) electrons. The van der Waals surface area contributed by atoms with Crippen LogP contribution in [0.2, 0.25) is 0 Å². The Hall–Kier alpha value is -0.970. The normalized spacial score (nSPS) is 18.4. The molecule has 0 amide bonds. The van der Waals surface area contributed by atoms with Crippen LogP contribution < -0.4 is 5.32 Å². The van der Waals surface area contributed by atoms with Gasteiger partial charge in [-0.2, -0.15) is 0 Å². The third-order valence-electron chi connectivity index (χ3n) is 3.51. The molecule has 1 saturated heterocycles. The quantitative estimate of drug-likeness (QED) is 0.859. The topological polar surface area (TPSA) is 30.5 Å². The smallest absolute Gasteiger partial charge is 0.123 e. The second-order valence-corrected chi connectivity index (χ2v) is 4.99. The molecule has 0 saturated carbocycles. The van der Waals surface area contributed by atoms with Crippen LogP contribution in [0.25, 0.3) is 0 Å². The Morgan fingerprint density at radius 2 is 2.00 bits per heavy atom. The van der Waals surface area contributed by atoms with Gasteiger partial charge in [-0.3, -0.25) is 0 Å². The van der Waals surface area contributed by atoms with Crippen molar-refractivity contribution in [3.63, 3.8) is 0 Å². The number of hydrogen-bond donors (Lipinski definition) is 1. The predicted octanol–water partition coefficient (Wildman–Crippen LogP) is 2.53. The van der Waals surface area contributed by atoms with Crippen molar-refractivity contribution in [2.75, 3.05) is 33.4 Å². The fraction of sp³-hybridized carbons (Fsp3) is 0.600. The lowest BCUT2D eigenvalue weighted by atomic mass is 10.0. The van der Waals surface area contributed by atoms with E-state index >= 15 is 0 Å². The molecule has 4 heteroatoms. The van der Waals surface area contributed by atoms with Crippen molar-refractivity contribution in [2.24, 2.45) is 5.92 Å². The lowest BCUT2D eigenvalue weighted by Crippen LogP contribution is -2.25. The summed E-state index contributed by atoms with van der Waals surface area (Å²) in [7, 11) is 1.90. The van der Waals surface area contributed by atoms with Crippen LogP contribution >= 0.6 is 0 Å². The van der Waals surface area contributed by atoms with E-state index < -0.39 is 0 Å². The number of halogens is 1. The van der Waals surface area contributed by atoms with Crippen LogP contribution in [0.15, 0.2) is 24.3 Å². The van der Waals surface area contributed by atoms with E-state index in [0.29, 0.717) is 5.92 Å². The van der Waals surface area contributed by atoms with E-state index in [2.05, 4.69) is 5.32 Å². The van der Waals surface area contributed by atoms with Gasteiger partial charge in [0.2, 0.25) is 0 Å². The molecule has 3 nitrogen and oxygen atoms in total. The summed E-state index contributed by atoms with van der Waals surface area (Å²) in [5, 5.41) is 3.13. The average molecular weight is 267 g/mol. The molecule has 1 fully saturated rings. The molecule has 0 spiro atoms. The molecule has 1 unspecified atom stereocenters. The van der Waals surface area contributed by atoms with Gasteiger partial charge in [0.1, 0.15) is 5.82 Å². The summed E-state index contributed by atoms with van der Waals surface area (Å²) >= 11 is 0. The average Bonchev–Trinajstić information content (AvgIpc) is 2.46. The van der Waals surface area contributed by atoms with Crippen LogP contribution in [0.5, 0.6) is 0 Å². The fourth-order valence-electron chi connectivity index (χ4n) is 2.30. The molecule has 1 aliphatic heterocycles. The van der Waals surface area contributed by atoms with Crippen molar-refractivity contribution in [1.29, 1.82) is 0 Å². The van der Waals surface area contributed by atoms with Gasteiger partial charge in [0, 0.05) is 19.8 Å². The molecule has 1 atom stereocenters. The predicted molar refractivity (Wildman–Crippen MR) is 72.6 cm³/mol. The van der Waals surface area contributed by atoms with Crippen molar-refractivity contribution < 1.29 is 13.9 Å². The Labute approximate surface area is 114 Å². The molecule has 0 bridgehead atoms. The second-order valence-electron chi connectivity index (χ2n) is 4.99. The van der Waals surface area contributed by atoms with E-state index in [4.69, 9.17) is 9.47 Å². The summed E-state index contributed by atoms with van der Waals surface area (Å²) < 4.78 is 24.3. The first kappa shape index (κ1) is 14.4. The molecular weight excluding hydrogens is 245 g/mol. The number of rotatable bonds is 6. The van der Waals surface area contributed by atoms with E-state index in [0.717, 1.165) is 44.8 Å². The summed E-state index contributed by atoms with van der Waals surface area (Å²) in [6, 6.07) is 6.55. The number of benzene rings is 1. The maximum atomic E-state index is 12.9. The molecule has 1 aromatic carbocycles. The van der Waals surface area contributed by atoms with Gasteiger partial charge >= 0.3 is 0 Å². The first-order chi connectivity index (χ1) is 9.29. The monoisotopic (exact) mass is 267 g/mol. The Morgan fingerprint density at radius 1 is 1.32 bits per heavy atom. The van der Waals surface area contributed by atoms with Crippen molar-refractivity contribution in [3.8, 4) is 0 Å². The van der Waals surface area contributed by atoms with Gasteiger partial charge in [-0.05, 0) is 43.5 Å². The van der Waals surface area contributed by atoms with Crippen LogP contribution in [-0.4, -0.2) is 33.4 Å². The molecule has 1 aromatic rings. The van der Waals surface area contributed by atoms with E-state index in [9.17, 15) is 4.39 Å². The van der Waals surface area contributed by atoms with E-state index in [-0.39, 0.29) is 11.9 Å². The Bertz CT molecular complexity index is 363. The van der Waals surface area contributed by atoms with Gasteiger partial charge in [-0.25, -0.2) is 4.39 Å². The summed E-state index contributed by atoms with van der Waals surface area (Å²) in [6.45, 7) is 3.14. The summed E-state index contributed by atoms with van der Waals surface area (Å²) in [5.41, 5.74) is 1.02. The summed E-state index contributed by atoms with van der Waals surface area (Å²) in [5.74, 6) is 0.366. The van der Waals surface area contributed by atoms with Crippen molar-refractivity contribution in [3.05, 3.63) is 35.6 Å². The lowest BCUT2D eigenvalue weighted by Gasteiger charge is -2.25. The first-order valence-corrected chi connectivity index (χ1v) is 6.89. The van der Waals surface area contributed by atoms with Crippen LogP contribution in [0.4, 0.5) is 4.39 Å². The molecule has 2 rings (SSSR count). The van der Waals surface area contributed by atoms with Crippen LogP contribution in [-0.2, 0) is 9.47 Å². The van der Waals surface area contributed by atoms with E-state index in [1.807, 2.05) is 7.05 Å². The third kappa shape index (κ3) is 4.56. The molecule has 0 aliphatic carbocycles. The standard InChI is InChI=1S/C15H22FNO2/c1-17-10-15(13-2-4-14(16)5-3-13)19-11-12-6-8-18-9-7-12/h2-5,12,15,17H,6-11H2,1H3. The highest BCUT2D eigenvalue weighted by Gasteiger charge is 2.17. The molecule has 0 aromatic heterocycles.